The molecule has 0 bridgehead atoms. The molecule has 0 atom stereocenters. The molecule has 27 heavy (non-hydrogen) atoms. The van der Waals surface area contributed by atoms with Gasteiger partial charge in [-0.1, -0.05) is 6.92 Å². The predicted molar refractivity (Wildman–Crippen MR) is 107 cm³/mol. The summed E-state index contributed by atoms with van der Waals surface area (Å²) in [5.41, 5.74) is 4.67. The van der Waals surface area contributed by atoms with E-state index in [1.807, 2.05) is 33.8 Å². The maximum absolute atomic E-state index is 13.7. The molecule has 0 saturated carbocycles. The molecule has 4 rings (SSSR count). The normalized spacial score (nSPS) is 11.6. The van der Waals surface area contributed by atoms with Crippen LogP contribution in [-0.2, 0) is 0 Å². The Bertz CT molecular complexity index is 1210. The summed E-state index contributed by atoms with van der Waals surface area (Å²) in [6.07, 6.45) is 1.28. The van der Waals surface area contributed by atoms with E-state index in [9.17, 15) is 9.18 Å². The number of nitrogens with zero attached hydrogens (tertiary/aromatic N) is 3. The Morgan fingerprint density at radius 1 is 1.22 bits per heavy atom. The minimum Gasteiger partial charge on any atom is -0.294 e. The van der Waals surface area contributed by atoms with Crippen molar-refractivity contribution in [1.82, 2.24) is 14.6 Å². The second-order valence-corrected chi connectivity index (χ2v) is 7.90. The van der Waals surface area contributed by atoms with Gasteiger partial charge in [-0.05, 0) is 62.4 Å². The molecule has 0 unspecified atom stereocenters. The molecule has 0 N–H and O–H groups in total. The Labute approximate surface area is 160 Å². The van der Waals surface area contributed by atoms with Gasteiger partial charge in [0.05, 0.1) is 21.8 Å². The van der Waals surface area contributed by atoms with Crippen molar-refractivity contribution >= 4 is 32.9 Å². The van der Waals surface area contributed by atoms with Crippen molar-refractivity contribution < 1.29 is 9.18 Å². The van der Waals surface area contributed by atoms with Gasteiger partial charge in [0.15, 0.2) is 11.4 Å². The van der Waals surface area contributed by atoms with E-state index < -0.39 is 0 Å². The number of fused-ring (bicyclic) bond motifs is 2. The molecule has 0 aliphatic carbocycles. The molecule has 3 heterocycles. The number of aromatic nitrogens is 3. The zero-order chi connectivity index (χ0) is 19.3. The van der Waals surface area contributed by atoms with Crippen LogP contribution in [0.4, 0.5) is 4.39 Å². The molecule has 0 saturated heterocycles. The van der Waals surface area contributed by atoms with Crippen LogP contribution in [-0.4, -0.2) is 20.4 Å². The number of hydrogen-bond donors (Lipinski definition) is 0. The lowest BCUT2D eigenvalue weighted by molar-refractivity contribution is 0.0982. The number of aryl methyl sites for hydroxylation is 3. The molecule has 0 aliphatic rings. The fraction of sp³-hybridized carbons (Fsp3) is 0.286. The third kappa shape index (κ3) is 2.84. The predicted octanol–water partition coefficient (Wildman–Crippen LogP) is 5.66. The van der Waals surface area contributed by atoms with Gasteiger partial charge in [-0.15, -0.1) is 11.3 Å². The van der Waals surface area contributed by atoms with E-state index in [0.717, 1.165) is 44.0 Å². The van der Waals surface area contributed by atoms with Gasteiger partial charge in [-0.3, -0.25) is 4.79 Å². The van der Waals surface area contributed by atoms with Crippen molar-refractivity contribution in [2.75, 3.05) is 0 Å². The number of carbonyl (C=O) groups is 1. The molecule has 0 aliphatic heterocycles. The number of thiophene rings is 1. The average Bonchev–Trinajstić information content (AvgIpc) is 3.11. The van der Waals surface area contributed by atoms with Gasteiger partial charge in [0.1, 0.15) is 11.5 Å². The van der Waals surface area contributed by atoms with Crippen LogP contribution in [0.5, 0.6) is 0 Å². The van der Waals surface area contributed by atoms with E-state index in [4.69, 9.17) is 0 Å². The number of ketones is 1. The average molecular weight is 381 g/mol. The van der Waals surface area contributed by atoms with Gasteiger partial charge < -0.3 is 0 Å². The molecule has 1 aromatic carbocycles. The Hall–Kier alpha value is -2.60. The third-order valence-corrected chi connectivity index (χ3v) is 6.05. The molecule has 0 amide bonds. The van der Waals surface area contributed by atoms with E-state index in [0.29, 0.717) is 17.6 Å². The van der Waals surface area contributed by atoms with Crippen molar-refractivity contribution in [2.45, 2.75) is 40.5 Å². The summed E-state index contributed by atoms with van der Waals surface area (Å²) in [6, 6.07) is 6.67. The number of Topliss-reactive ketones (excluding diaryl/α,β-unsaturated/α-hetero) is 1. The van der Waals surface area contributed by atoms with Crippen LogP contribution in [0.15, 0.2) is 24.3 Å². The Kier molecular flexibility index (Phi) is 4.30. The lowest BCUT2D eigenvalue weighted by atomic mass is 10.1. The first-order chi connectivity index (χ1) is 12.9. The molecular formula is C21H20FN3OS. The standard InChI is InChI=1S/C21H20FN3OS/c1-5-6-17(26)16-9-11(2)24-25-19(13(4)23-21(16)25)20-12(3)15-10-14(22)7-8-18(15)27-20/h7-10H,5-6H2,1-4H3. The molecule has 3 aromatic heterocycles. The highest BCUT2D eigenvalue weighted by molar-refractivity contribution is 7.22. The second-order valence-electron chi connectivity index (χ2n) is 6.85. The molecule has 138 valence electrons. The Morgan fingerprint density at radius 2 is 2.00 bits per heavy atom. The maximum atomic E-state index is 13.7. The summed E-state index contributed by atoms with van der Waals surface area (Å²) >= 11 is 1.60. The van der Waals surface area contributed by atoms with Gasteiger partial charge in [-0.2, -0.15) is 5.10 Å². The van der Waals surface area contributed by atoms with Crippen LogP contribution < -0.4 is 0 Å². The summed E-state index contributed by atoms with van der Waals surface area (Å²) in [4.78, 5) is 18.3. The molecule has 4 aromatic rings. The highest BCUT2D eigenvalue weighted by Gasteiger charge is 2.22. The summed E-state index contributed by atoms with van der Waals surface area (Å²) in [7, 11) is 0. The first-order valence-electron chi connectivity index (χ1n) is 9.00. The lowest BCUT2D eigenvalue weighted by Gasteiger charge is -2.06. The topological polar surface area (TPSA) is 47.3 Å². The number of benzene rings is 1. The zero-order valence-corrected chi connectivity index (χ0v) is 16.6. The largest absolute Gasteiger partial charge is 0.294 e. The Morgan fingerprint density at radius 3 is 2.74 bits per heavy atom. The highest BCUT2D eigenvalue weighted by Crippen LogP contribution is 2.40. The number of halogens is 1. The summed E-state index contributed by atoms with van der Waals surface area (Å²) in [5.74, 6) is -0.161. The van der Waals surface area contributed by atoms with Crippen LogP contribution in [0.3, 0.4) is 0 Å². The van der Waals surface area contributed by atoms with Crippen LogP contribution >= 0.6 is 11.3 Å². The smallest absolute Gasteiger partial charge is 0.166 e. The minimum absolute atomic E-state index is 0.0830. The van der Waals surface area contributed by atoms with E-state index >= 15 is 0 Å². The number of rotatable bonds is 4. The van der Waals surface area contributed by atoms with Gasteiger partial charge in [0, 0.05) is 11.1 Å². The SMILES string of the molecule is CCCC(=O)c1cc(C)nn2c(-c3sc4ccc(F)cc4c3C)c(C)nc12. The summed E-state index contributed by atoms with van der Waals surface area (Å²) < 4.78 is 16.5. The van der Waals surface area contributed by atoms with Crippen molar-refractivity contribution in [3.8, 4) is 10.6 Å². The quantitative estimate of drug-likeness (QED) is 0.429. The van der Waals surface area contributed by atoms with Gasteiger partial charge in [-0.25, -0.2) is 13.9 Å². The van der Waals surface area contributed by atoms with Gasteiger partial charge in [0.2, 0.25) is 0 Å². The van der Waals surface area contributed by atoms with E-state index in [1.165, 1.54) is 6.07 Å². The fourth-order valence-electron chi connectivity index (χ4n) is 3.50. The van der Waals surface area contributed by atoms with Crippen molar-refractivity contribution in [3.63, 3.8) is 0 Å². The molecule has 6 heteroatoms. The lowest BCUT2D eigenvalue weighted by Crippen LogP contribution is -2.06. The third-order valence-electron chi connectivity index (χ3n) is 4.77. The van der Waals surface area contributed by atoms with Crippen LogP contribution in [0.2, 0.25) is 0 Å². The van der Waals surface area contributed by atoms with Crippen molar-refractivity contribution in [3.05, 3.63) is 52.6 Å². The minimum atomic E-state index is -0.244. The number of hydrogen-bond acceptors (Lipinski definition) is 4. The number of carbonyl (C=O) groups excluding carboxylic acids is 1. The Balaban J connectivity index is 2.02. The molecule has 4 nitrogen and oxygen atoms in total. The van der Waals surface area contributed by atoms with Crippen molar-refractivity contribution in [1.29, 1.82) is 0 Å². The molecular weight excluding hydrogens is 361 g/mol. The second kappa shape index (κ2) is 6.53. The summed E-state index contributed by atoms with van der Waals surface area (Å²) in [5, 5.41) is 5.54. The van der Waals surface area contributed by atoms with E-state index in [-0.39, 0.29) is 11.6 Å². The first kappa shape index (κ1) is 17.8. The molecule has 0 radical (unpaired) electrons. The molecule has 0 fully saturated rings. The molecule has 0 spiro atoms. The zero-order valence-electron chi connectivity index (χ0n) is 15.8. The first-order valence-corrected chi connectivity index (χ1v) is 9.81. The number of imidazole rings is 1. The highest BCUT2D eigenvalue weighted by atomic mass is 32.1. The summed E-state index contributed by atoms with van der Waals surface area (Å²) in [6.45, 7) is 7.79. The van der Waals surface area contributed by atoms with Crippen LogP contribution in [0.1, 0.15) is 47.1 Å². The monoisotopic (exact) mass is 381 g/mol. The van der Waals surface area contributed by atoms with E-state index in [2.05, 4.69) is 10.1 Å². The van der Waals surface area contributed by atoms with Gasteiger partial charge in [0.25, 0.3) is 0 Å². The maximum Gasteiger partial charge on any atom is 0.166 e. The fourth-order valence-corrected chi connectivity index (χ4v) is 4.77. The van der Waals surface area contributed by atoms with E-state index in [1.54, 1.807) is 28.0 Å². The van der Waals surface area contributed by atoms with Crippen molar-refractivity contribution in [2.24, 2.45) is 0 Å². The van der Waals surface area contributed by atoms with Gasteiger partial charge >= 0.3 is 0 Å². The van der Waals surface area contributed by atoms with Crippen LogP contribution in [0.25, 0.3) is 26.3 Å². The van der Waals surface area contributed by atoms with Crippen LogP contribution in [0, 0.1) is 26.6 Å².